The summed E-state index contributed by atoms with van der Waals surface area (Å²) in [5.41, 5.74) is 0. The molecule has 0 amide bonds. The van der Waals surface area contributed by atoms with Crippen LogP contribution in [0.3, 0.4) is 0 Å². The number of likely N-dealkylation sites (N-methyl/N-ethyl adjacent to an activating group) is 1. The van der Waals surface area contributed by atoms with Gasteiger partial charge in [0.25, 0.3) is 0 Å². The van der Waals surface area contributed by atoms with Gasteiger partial charge in [0.05, 0.1) is 5.02 Å². The Morgan fingerprint density at radius 3 is 2.70 bits per heavy atom. The molecule has 0 radical (unpaired) electrons. The van der Waals surface area contributed by atoms with Gasteiger partial charge in [-0.05, 0) is 38.1 Å². The van der Waals surface area contributed by atoms with Crippen LogP contribution in [-0.4, -0.2) is 38.9 Å². The van der Waals surface area contributed by atoms with Crippen molar-refractivity contribution < 1.29 is 8.42 Å². The van der Waals surface area contributed by atoms with Crippen LogP contribution in [0.25, 0.3) is 0 Å². The Kier molecular flexibility index (Phi) is 6.57. The molecule has 1 aliphatic heterocycles. The summed E-state index contributed by atoms with van der Waals surface area (Å²) in [6, 6.07) is 4.68. The molecule has 1 N–H and O–H groups in total. The summed E-state index contributed by atoms with van der Waals surface area (Å²) in [6.45, 7) is 0.977. The van der Waals surface area contributed by atoms with Crippen molar-refractivity contribution in [1.82, 2.24) is 9.62 Å². The highest BCUT2D eigenvalue weighted by Crippen LogP contribution is 2.29. The molecule has 1 fully saturated rings. The van der Waals surface area contributed by atoms with Crippen LogP contribution in [0.1, 0.15) is 12.8 Å². The average molecular weight is 360 g/mol. The summed E-state index contributed by atoms with van der Waals surface area (Å²) < 4.78 is 26.6. The van der Waals surface area contributed by atoms with Crippen LogP contribution in [0, 0.1) is 0 Å². The highest BCUT2D eigenvalue weighted by atomic mass is 35.5. The average Bonchev–Trinajstić information content (AvgIpc) is 2.41. The molecule has 0 spiro atoms. The molecule has 1 unspecified atom stereocenters. The summed E-state index contributed by atoms with van der Waals surface area (Å²) in [4.78, 5) is 0.0819. The van der Waals surface area contributed by atoms with Gasteiger partial charge in [-0.3, -0.25) is 0 Å². The van der Waals surface area contributed by atoms with Gasteiger partial charge < -0.3 is 5.32 Å². The number of hydrogen-bond acceptors (Lipinski definition) is 3. The summed E-state index contributed by atoms with van der Waals surface area (Å²) in [5, 5.41) is 3.69. The molecule has 1 aliphatic rings. The second-order valence-corrected chi connectivity index (χ2v) is 7.32. The fourth-order valence-corrected chi connectivity index (χ4v) is 4.47. The molecule has 0 aliphatic carbocycles. The van der Waals surface area contributed by atoms with Crippen molar-refractivity contribution in [2.75, 3.05) is 20.1 Å². The van der Waals surface area contributed by atoms with Gasteiger partial charge in [0.2, 0.25) is 10.0 Å². The third-order valence-electron chi connectivity index (χ3n) is 3.30. The molecule has 1 aromatic rings. The number of nitrogens with zero attached hydrogens (tertiary/aromatic N) is 1. The first-order valence-corrected chi connectivity index (χ1v) is 8.27. The summed E-state index contributed by atoms with van der Waals surface area (Å²) in [7, 11) is -1.74. The van der Waals surface area contributed by atoms with Crippen molar-refractivity contribution in [3.63, 3.8) is 0 Å². The summed E-state index contributed by atoms with van der Waals surface area (Å²) in [5.74, 6) is 0. The van der Waals surface area contributed by atoms with E-state index in [1.54, 1.807) is 6.07 Å². The van der Waals surface area contributed by atoms with E-state index >= 15 is 0 Å². The van der Waals surface area contributed by atoms with Gasteiger partial charge in [-0.2, -0.15) is 4.31 Å². The third-order valence-corrected chi connectivity index (χ3v) is 5.89. The Bertz CT molecular complexity index is 566. The van der Waals surface area contributed by atoms with Gasteiger partial charge in [0, 0.05) is 24.2 Å². The minimum absolute atomic E-state index is 0. The Morgan fingerprint density at radius 1 is 1.35 bits per heavy atom. The Hall–Kier alpha value is -0.0400. The molecule has 114 valence electrons. The minimum Gasteiger partial charge on any atom is -0.316 e. The van der Waals surface area contributed by atoms with Crippen LogP contribution in [0.2, 0.25) is 10.0 Å². The SMILES string of the molecule is CNC1CCCN(S(=O)(=O)c2cc(Cl)ccc2Cl)C1.Cl. The van der Waals surface area contributed by atoms with Gasteiger partial charge in [-0.25, -0.2) is 8.42 Å². The van der Waals surface area contributed by atoms with E-state index in [-0.39, 0.29) is 28.4 Å². The quantitative estimate of drug-likeness (QED) is 0.903. The molecule has 0 saturated carbocycles. The molecule has 0 bridgehead atoms. The zero-order valence-corrected chi connectivity index (χ0v) is 14.1. The molecule has 0 aromatic heterocycles. The maximum Gasteiger partial charge on any atom is 0.244 e. The van der Waals surface area contributed by atoms with Crippen molar-refractivity contribution in [3.8, 4) is 0 Å². The number of piperidine rings is 1. The lowest BCUT2D eigenvalue weighted by Crippen LogP contribution is -2.46. The van der Waals surface area contributed by atoms with Gasteiger partial charge in [0.15, 0.2) is 0 Å². The Labute approximate surface area is 135 Å². The van der Waals surface area contributed by atoms with Crippen LogP contribution in [0.5, 0.6) is 0 Å². The number of rotatable bonds is 3. The molecule has 20 heavy (non-hydrogen) atoms. The van der Waals surface area contributed by atoms with E-state index in [4.69, 9.17) is 23.2 Å². The highest BCUT2D eigenvalue weighted by molar-refractivity contribution is 7.89. The number of nitrogens with one attached hydrogen (secondary N) is 1. The smallest absolute Gasteiger partial charge is 0.244 e. The number of halogens is 3. The molecular weight excluding hydrogens is 343 g/mol. The summed E-state index contributed by atoms with van der Waals surface area (Å²) >= 11 is 11.9. The predicted octanol–water partition coefficient (Wildman–Crippen LogP) is 2.79. The maximum absolute atomic E-state index is 12.6. The highest BCUT2D eigenvalue weighted by Gasteiger charge is 2.31. The lowest BCUT2D eigenvalue weighted by Gasteiger charge is -2.31. The second kappa shape index (κ2) is 7.29. The monoisotopic (exact) mass is 358 g/mol. The molecule has 4 nitrogen and oxygen atoms in total. The fourth-order valence-electron chi connectivity index (χ4n) is 2.21. The molecule has 2 rings (SSSR count). The van der Waals surface area contributed by atoms with Gasteiger partial charge >= 0.3 is 0 Å². The standard InChI is InChI=1S/C12H16Cl2N2O2S.ClH/c1-15-10-3-2-6-16(8-10)19(17,18)12-7-9(13)4-5-11(12)14;/h4-5,7,10,15H,2-3,6,8H2,1H3;1H. The fraction of sp³-hybridized carbons (Fsp3) is 0.500. The predicted molar refractivity (Wildman–Crippen MR) is 84.6 cm³/mol. The van der Waals surface area contributed by atoms with E-state index < -0.39 is 10.0 Å². The topological polar surface area (TPSA) is 49.4 Å². The van der Waals surface area contributed by atoms with Crippen LogP contribution >= 0.6 is 35.6 Å². The van der Waals surface area contributed by atoms with Gasteiger partial charge in [-0.1, -0.05) is 23.2 Å². The maximum atomic E-state index is 12.6. The van der Waals surface area contributed by atoms with Gasteiger partial charge in [0.1, 0.15) is 4.90 Å². The van der Waals surface area contributed by atoms with E-state index in [1.165, 1.54) is 16.4 Å². The lowest BCUT2D eigenvalue weighted by atomic mass is 10.1. The van der Waals surface area contributed by atoms with E-state index in [2.05, 4.69) is 5.32 Å². The Balaban J connectivity index is 0.00000200. The largest absolute Gasteiger partial charge is 0.316 e. The first-order valence-electron chi connectivity index (χ1n) is 6.07. The lowest BCUT2D eigenvalue weighted by molar-refractivity contribution is 0.293. The van der Waals surface area contributed by atoms with Crippen LogP contribution < -0.4 is 5.32 Å². The first kappa shape index (κ1) is 18.0. The summed E-state index contributed by atoms with van der Waals surface area (Å²) in [6.07, 6.45) is 1.81. The first-order chi connectivity index (χ1) is 8.95. The van der Waals surface area contributed by atoms with Crippen molar-refractivity contribution in [2.24, 2.45) is 0 Å². The van der Waals surface area contributed by atoms with Crippen LogP contribution in [0.4, 0.5) is 0 Å². The van der Waals surface area contributed by atoms with Crippen molar-refractivity contribution >= 4 is 45.6 Å². The molecular formula is C12H17Cl3N2O2S. The number of sulfonamides is 1. The number of benzene rings is 1. The van der Waals surface area contributed by atoms with E-state index in [0.717, 1.165) is 12.8 Å². The second-order valence-electron chi connectivity index (χ2n) is 4.57. The van der Waals surface area contributed by atoms with Crippen LogP contribution in [0.15, 0.2) is 23.1 Å². The van der Waals surface area contributed by atoms with Crippen molar-refractivity contribution in [2.45, 2.75) is 23.8 Å². The Morgan fingerprint density at radius 2 is 2.05 bits per heavy atom. The minimum atomic E-state index is -3.58. The van der Waals surface area contributed by atoms with E-state index in [0.29, 0.717) is 18.1 Å². The molecule has 1 saturated heterocycles. The molecule has 1 aromatic carbocycles. The van der Waals surface area contributed by atoms with Crippen LogP contribution in [-0.2, 0) is 10.0 Å². The zero-order chi connectivity index (χ0) is 14.0. The van der Waals surface area contributed by atoms with E-state index in [1.807, 2.05) is 7.05 Å². The molecule has 1 heterocycles. The molecule has 8 heteroatoms. The van der Waals surface area contributed by atoms with E-state index in [9.17, 15) is 8.42 Å². The molecule has 1 atom stereocenters. The van der Waals surface area contributed by atoms with Crippen molar-refractivity contribution in [3.05, 3.63) is 28.2 Å². The van der Waals surface area contributed by atoms with Crippen molar-refractivity contribution in [1.29, 1.82) is 0 Å². The zero-order valence-electron chi connectivity index (χ0n) is 11.0. The third kappa shape index (κ3) is 3.78. The normalized spacial score (nSPS) is 20.4. The van der Waals surface area contributed by atoms with Gasteiger partial charge in [-0.15, -0.1) is 12.4 Å². The number of hydrogen-bond donors (Lipinski definition) is 1.